The van der Waals surface area contributed by atoms with E-state index in [1.807, 2.05) is 29.6 Å². The Kier molecular flexibility index (Phi) is 2.56. The molecule has 0 amide bonds. The Labute approximate surface area is 106 Å². The molecule has 0 saturated heterocycles. The smallest absolute Gasteiger partial charge is 0.161 e. The summed E-state index contributed by atoms with van der Waals surface area (Å²) in [5.74, 6) is -0.587. The first kappa shape index (κ1) is 10.9. The van der Waals surface area contributed by atoms with Gasteiger partial charge in [0.25, 0.3) is 0 Å². The third-order valence-corrected chi connectivity index (χ3v) is 3.19. The SMILES string of the molecule is O=C([O-])Cn1c(-c2cscn2)nc2ccccc21. The van der Waals surface area contributed by atoms with Gasteiger partial charge in [0.2, 0.25) is 0 Å². The van der Waals surface area contributed by atoms with Crippen molar-refractivity contribution in [3.8, 4) is 11.5 Å². The van der Waals surface area contributed by atoms with Gasteiger partial charge in [-0.15, -0.1) is 11.3 Å². The molecule has 0 spiro atoms. The van der Waals surface area contributed by atoms with E-state index in [0.717, 1.165) is 11.0 Å². The number of thiazole rings is 1. The van der Waals surface area contributed by atoms with Gasteiger partial charge in [-0.25, -0.2) is 9.97 Å². The number of rotatable bonds is 3. The van der Waals surface area contributed by atoms with Crippen molar-refractivity contribution in [3.63, 3.8) is 0 Å². The van der Waals surface area contributed by atoms with Crippen LogP contribution in [0.5, 0.6) is 0 Å². The summed E-state index contributed by atoms with van der Waals surface area (Å²) in [6.07, 6.45) is 0. The molecule has 2 aromatic heterocycles. The number of nitrogens with zero attached hydrogens (tertiary/aromatic N) is 3. The van der Waals surface area contributed by atoms with Crippen molar-refractivity contribution >= 4 is 28.3 Å². The van der Waals surface area contributed by atoms with Crippen LogP contribution in [0.3, 0.4) is 0 Å². The summed E-state index contributed by atoms with van der Waals surface area (Å²) < 4.78 is 1.61. The highest BCUT2D eigenvalue weighted by Crippen LogP contribution is 2.24. The second-order valence-electron chi connectivity index (χ2n) is 3.76. The zero-order valence-corrected chi connectivity index (χ0v) is 10.1. The monoisotopic (exact) mass is 258 g/mol. The van der Waals surface area contributed by atoms with Crippen molar-refractivity contribution < 1.29 is 9.90 Å². The van der Waals surface area contributed by atoms with Crippen LogP contribution in [-0.2, 0) is 11.3 Å². The van der Waals surface area contributed by atoms with Crippen molar-refractivity contribution in [2.45, 2.75) is 6.54 Å². The van der Waals surface area contributed by atoms with Crippen molar-refractivity contribution in [2.75, 3.05) is 0 Å². The molecule has 0 aliphatic heterocycles. The van der Waals surface area contributed by atoms with Gasteiger partial charge in [0.15, 0.2) is 5.82 Å². The predicted octanol–water partition coefficient (Wildman–Crippen LogP) is 0.910. The zero-order chi connectivity index (χ0) is 12.5. The zero-order valence-electron chi connectivity index (χ0n) is 9.24. The minimum Gasteiger partial charge on any atom is -0.548 e. The number of carboxylic acids is 1. The molecule has 6 heteroatoms. The minimum atomic E-state index is -1.14. The van der Waals surface area contributed by atoms with Gasteiger partial charge in [-0.3, -0.25) is 0 Å². The van der Waals surface area contributed by atoms with E-state index in [-0.39, 0.29) is 6.54 Å². The predicted molar refractivity (Wildman–Crippen MR) is 65.8 cm³/mol. The number of carboxylic acid groups (broad SMARTS) is 1. The van der Waals surface area contributed by atoms with Gasteiger partial charge >= 0.3 is 0 Å². The fourth-order valence-corrected chi connectivity index (χ4v) is 2.41. The van der Waals surface area contributed by atoms with Crippen LogP contribution in [0.25, 0.3) is 22.6 Å². The molecule has 0 unspecified atom stereocenters. The number of aromatic nitrogens is 3. The standard InChI is InChI=1S/C12H9N3O2S/c16-11(17)5-15-10-4-2-1-3-8(10)14-12(15)9-6-18-7-13-9/h1-4,6-7H,5H2,(H,16,17)/p-1. The number of para-hydroxylation sites is 2. The molecular formula is C12H8N3O2S-. The van der Waals surface area contributed by atoms with E-state index in [9.17, 15) is 9.90 Å². The highest BCUT2D eigenvalue weighted by atomic mass is 32.1. The van der Waals surface area contributed by atoms with Gasteiger partial charge in [0.1, 0.15) is 5.69 Å². The Morgan fingerprint density at radius 2 is 2.22 bits per heavy atom. The number of carbonyl (C=O) groups is 1. The van der Waals surface area contributed by atoms with E-state index in [1.165, 1.54) is 11.3 Å². The van der Waals surface area contributed by atoms with Gasteiger partial charge in [-0.05, 0) is 12.1 Å². The summed E-state index contributed by atoms with van der Waals surface area (Å²) in [6.45, 7) is -0.229. The summed E-state index contributed by atoms with van der Waals surface area (Å²) in [5, 5.41) is 12.7. The summed E-state index contributed by atoms with van der Waals surface area (Å²) in [5.41, 5.74) is 3.89. The van der Waals surface area contributed by atoms with Gasteiger partial charge in [0, 0.05) is 5.38 Å². The Bertz CT molecular complexity index is 703. The molecule has 18 heavy (non-hydrogen) atoms. The third kappa shape index (κ3) is 1.76. The average Bonchev–Trinajstić information content (AvgIpc) is 2.96. The molecule has 0 fully saturated rings. The third-order valence-electron chi connectivity index (χ3n) is 2.60. The molecule has 0 bridgehead atoms. The first-order chi connectivity index (χ1) is 8.75. The molecule has 0 atom stereocenters. The number of hydrogen-bond acceptors (Lipinski definition) is 5. The molecule has 3 aromatic rings. The Hall–Kier alpha value is -2.21. The topological polar surface area (TPSA) is 70.8 Å². The lowest BCUT2D eigenvalue weighted by atomic mass is 10.3. The van der Waals surface area contributed by atoms with Crippen LogP contribution in [0.2, 0.25) is 0 Å². The lowest BCUT2D eigenvalue weighted by Crippen LogP contribution is -2.27. The van der Waals surface area contributed by atoms with Crippen molar-refractivity contribution in [1.29, 1.82) is 0 Å². The van der Waals surface area contributed by atoms with Crippen molar-refractivity contribution in [3.05, 3.63) is 35.2 Å². The van der Waals surface area contributed by atoms with Gasteiger partial charge < -0.3 is 14.5 Å². The fraction of sp³-hybridized carbons (Fsp3) is 0.0833. The van der Waals surface area contributed by atoms with Crippen LogP contribution in [-0.4, -0.2) is 20.5 Å². The molecule has 0 N–H and O–H groups in total. The molecule has 3 rings (SSSR count). The Balaban J connectivity index is 2.26. The largest absolute Gasteiger partial charge is 0.548 e. The first-order valence-corrected chi connectivity index (χ1v) is 6.23. The van der Waals surface area contributed by atoms with Crippen LogP contribution in [0, 0.1) is 0 Å². The summed E-state index contributed by atoms with van der Waals surface area (Å²) in [6, 6.07) is 7.39. The van der Waals surface area contributed by atoms with Crippen LogP contribution in [0.15, 0.2) is 35.2 Å². The molecule has 0 aliphatic carbocycles. The molecule has 0 radical (unpaired) electrons. The molecule has 0 aliphatic rings. The van der Waals surface area contributed by atoms with Gasteiger partial charge in [0.05, 0.1) is 29.1 Å². The van der Waals surface area contributed by atoms with Crippen LogP contribution in [0.1, 0.15) is 0 Å². The Morgan fingerprint density at radius 1 is 1.39 bits per heavy atom. The van der Waals surface area contributed by atoms with Crippen molar-refractivity contribution in [2.24, 2.45) is 0 Å². The molecule has 1 aromatic carbocycles. The maximum absolute atomic E-state index is 10.9. The van der Waals surface area contributed by atoms with E-state index < -0.39 is 5.97 Å². The summed E-state index contributed by atoms with van der Waals surface area (Å²) in [4.78, 5) is 19.5. The summed E-state index contributed by atoms with van der Waals surface area (Å²) in [7, 11) is 0. The molecule has 2 heterocycles. The van der Waals surface area contributed by atoms with E-state index in [0.29, 0.717) is 11.5 Å². The minimum absolute atomic E-state index is 0.229. The lowest BCUT2D eigenvalue weighted by Gasteiger charge is -2.08. The maximum atomic E-state index is 10.9. The number of hydrogen-bond donors (Lipinski definition) is 0. The van der Waals surface area contributed by atoms with E-state index in [4.69, 9.17) is 0 Å². The summed E-state index contributed by atoms with van der Waals surface area (Å²) >= 11 is 1.44. The second kappa shape index (κ2) is 4.23. The lowest BCUT2D eigenvalue weighted by molar-refractivity contribution is -0.306. The number of aliphatic carboxylic acids is 1. The number of fused-ring (bicyclic) bond motifs is 1. The molecular weight excluding hydrogens is 250 g/mol. The molecule has 0 saturated carbocycles. The second-order valence-corrected chi connectivity index (χ2v) is 4.47. The highest BCUT2D eigenvalue weighted by molar-refractivity contribution is 7.07. The number of carbonyl (C=O) groups excluding carboxylic acids is 1. The maximum Gasteiger partial charge on any atom is 0.161 e. The fourth-order valence-electron chi connectivity index (χ4n) is 1.88. The van der Waals surface area contributed by atoms with Crippen molar-refractivity contribution in [1.82, 2.24) is 14.5 Å². The van der Waals surface area contributed by atoms with E-state index in [2.05, 4.69) is 9.97 Å². The normalized spacial score (nSPS) is 10.9. The average molecular weight is 258 g/mol. The number of benzene rings is 1. The highest BCUT2D eigenvalue weighted by Gasteiger charge is 2.13. The molecule has 5 nitrogen and oxygen atoms in total. The van der Waals surface area contributed by atoms with Gasteiger partial charge in [-0.2, -0.15) is 0 Å². The first-order valence-electron chi connectivity index (χ1n) is 5.29. The van der Waals surface area contributed by atoms with E-state index in [1.54, 1.807) is 10.1 Å². The van der Waals surface area contributed by atoms with E-state index >= 15 is 0 Å². The Morgan fingerprint density at radius 3 is 2.94 bits per heavy atom. The quantitative estimate of drug-likeness (QED) is 0.700. The number of imidazole rings is 1. The van der Waals surface area contributed by atoms with Gasteiger partial charge in [-0.1, -0.05) is 12.1 Å². The molecule has 90 valence electrons. The van der Waals surface area contributed by atoms with Crippen LogP contribution >= 0.6 is 11.3 Å². The van der Waals surface area contributed by atoms with Crippen LogP contribution < -0.4 is 5.11 Å². The van der Waals surface area contributed by atoms with Crippen LogP contribution in [0.4, 0.5) is 0 Å².